The molecule has 3 aliphatic heterocycles. The van der Waals surface area contributed by atoms with Crippen LogP contribution in [0.3, 0.4) is 0 Å². The number of ketones is 1. The van der Waals surface area contributed by atoms with Gasteiger partial charge in [0.2, 0.25) is 0 Å². The van der Waals surface area contributed by atoms with Gasteiger partial charge in [0.25, 0.3) is 0 Å². The number of fused-ring (bicyclic) bond motifs is 8. The Morgan fingerprint density at radius 3 is 2.13 bits per heavy atom. The predicted molar refractivity (Wildman–Crippen MR) is 297 cm³/mol. The quantitative estimate of drug-likeness (QED) is 0.0182. The van der Waals surface area contributed by atoms with Crippen molar-refractivity contribution in [3.05, 3.63) is 23.3 Å². The third kappa shape index (κ3) is 9.01. The van der Waals surface area contributed by atoms with Crippen molar-refractivity contribution in [2.45, 2.75) is 209 Å². The first-order valence-electron chi connectivity index (χ1n) is 28.3. The number of rotatable bonds is 15. The molecule has 20 nitrogen and oxygen atoms in total. The maximum Gasteiger partial charge on any atom is 0.336 e. The van der Waals surface area contributed by atoms with Crippen molar-refractivity contribution in [3.63, 3.8) is 0 Å². The molecule has 10 N–H and O–H groups in total. The summed E-state index contributed by atoms with van der Waals surface area (Å²) in [7, 11) is 12.6. The summed E-state index contributed by atoms with van der Waals surface area (Å²) in [4.78, 5) is 40.7. The molecule has 3 heterocycles. The van der Waals surface area contributed by atoms with Crippen molar-refractivity contribution in [1.82, 2.24) is 0 Å². The molecule has 0 aromatic heterocycles. The van der Waals surface area contributed by atoms with E-state index in [9.17, 15) is 65.4 Å². The lowest BCUT2D eigenvalue weighted by Gasteiger charge is -2.74. The molecule has 9 rings (SSSR count). The average molecular weight is 1110 g/mol. The van der Waals surface area contributed by atoms with Crippen molar-refractivity contribution in [2.24, 2.45) is 40.9 Å². The number of aliphatic hydroxyl groups is 9. The molecule has 3 saturated heterocycles. The second-order valence-electron chi connectivity index (χ2n) is 26.6. The van der Waals surface area contributed by atoms with E-state index in [-0.39, 0.29) is 43.5 Å². The SMILES string of the molecule is BC1(B)C2CC[C@]3(B)C(CC=C4C5C[C@@](B)(S)[C@@H](OC(=O)/C(C)=C\C)[C@H](CC(=O)C(C)C)[C@]5(CO)[C@H](O)[C@H](O)[C@]43B)[C@@]2(B)CC[C@@H]1OC1OC(C(=O)O)C2(O[C@H]3CC[C@H](CO)O3)C(O)C2C1OC1OC(CO)C(O)C(O)C1O. The van der Waals surface area contributed by atoms with Gasteiger partial charge in [0.05, 0.1) is 56.3 Å². The number of Topliss-reactive ketones (excluding diaryl/α,β-unsaturated/α-hetero) is 1. The summed E-state index contributed by atoms with van der Waals surface area (Å²) in [6.07, 6.45) is -13.5. The highest BCUT2D eigenvalue weighted by Gasteiger charge is 2.81. The normalized spacial score (nSPS) is 51.4. The zero-order valence-corrected chi connectivity index (χ0v) is 47.7. The number of aliphatic carboxylic acids is 1. The highest BCUT2D eigenvalue weighted by atomic mass is 32.1. The molecule has 0 aromatic rings. The minimum Gasteiger partial charge on any atom is -0.479 e. The zero-order chi connectivity index (χ0) is 57.4. The molecule has 8 fully saturated rings. The van der Waals surface area contributed by atoms with Gasteiger partial charge in [0.15, 0.2) is 25.0 Å². The molecular weight excluding hydrogens is 1030 g/mol. The third-order valence-electron chi connectivity index (χ3n) is 22.2. The summed E-state index contributed by atoms with van der Waals surface area (Å²) in [6.45, 7) is 5.27. The fraction of sp³-hybridized carbons (Fsp3) is 0.863. The number of hydrogen-bond acceptors (Lipinski definition) is 20. The van der Waals surface area contributed by atoms with E-state index in [1.165, 1.54) is 0 Å². The Labute approximate surface area is 467 Å². The summed E-state index contributed by atoms with van der Waals surface area (Å²) in [5.41, 5.74) is -2.18. The number of hydrogen-bond donors (Lipinski definition) is 11. The smallest absolute Gasteiger partial charge is 0.336 e. The lowest BCUT2D eigenvalue weighted by atomic mass is 9.20. The van der Waals surface area contributed by atoms with Gasteiger partial charge in [-0.1, -0.05) is 66.7 Å². The number of carboxylic acids is 1. The Bertz CT molecular complexity index is 2370. The molecule has 5 saturated carbocycles. The van der Waals surface area contributed by atoms with Crippen LogP contribution in [0, 0.1) is 40.9 Å². The minimum absolute atomic E-state index is 0.0583. The minimum atomic E-state index is -1.94. The number of aliphatic hydroxyl groups excluding tert-OH is 9. The summed E-state index contributed by atoms with van der Waals surface area (Å²) in [6, 6.07) is 0. The Kier molecular flexibility index (Phi) is 16.7. The topological polar surface area (TPSA) is 318 Å². The molecule has 0 amide bonds. The van der Waals surface area contributed by atoms with Crippen molar-refractivity contribution in [1.29, 1.82) is 0 Å². The van der Waals surface area contributed by atoms with Gasteiger partial charge in [-0.05, 0) is 62.6 Å². The Balaban J connectivity index is 1.03. The van der Waals surface area contributed by atoms with Gasteiger partial charge in [0, 0.05) is 40.3 Å². The van der Waals surface area contributed by atoms with Crippen molar-refractivity contribution in [2.75, 3.05) is 19.8 Å². The molecule has 0 bridgehead atoms. The van der Waals surface area contributed by atoms with Gasteiger partial charge in [-0.2, -0.15) is 12.6 Å². The molecule has 0 aromatic carbocycles. The van der Waals surface area contributed by atoms with Gasteiger partial charge in [-0.3, -0.25) is 4.79 Å². The lowest BCUT2D eigenvalue weighted by molar-refractivity contribution is -0.360. The van der Waals surface area contributed by atoms with E-state index < -0.39 is 178 Å². The first kappa shape index (κ1) is 60.8. The predicted octanol–water partition coefficient (Wildman–Crippen LogP) is -5.38. The average Bonchev–Trinajstić information content (AvgIpc) is 1.71. The van der Waals surface area contributed by atoms with Crippen LogP contribution in [0.2, 0.25) is 21.2 Å². The van der Waals surface area contributed by atoms with E-state index >= 15 is 0 Å². The number of ether oxygens (including phenoxy) is 7. The first-order valence-corrected chi connectivity index (χ1v) is 28.8. The number of carboxylic acid groups (broad SMARTS) is 1. The molecule has 6 aliphatic carbocycles. The van der Waals surface area contributed by atoms with Crippen LogP contribution in [0.4, 0.5) is 0 Å². The van der Waals surface area contributed by atoms with Crippen LogP contribution < -0.4 is 0 Å². The van der Waals surface area contributed by atoms with E-state index in [0.717, 1.165) is 5.57 Å². The summed E-state index contributed by atoms with van der Waals surface area (Å²) < 4.78 is 42.9. The highest BCUT2D eigenvalue weighted by Crippen LogP contribution is 2.82. The molecule has 430 valence electrons. The molecule has 27 heteroatoms. The molecule has 78 heavy (non-hydrogen) atoms. The Hall–Kier alpha value is -1.77. The molecule has 9 aliphatic rings. The summed E-state index contributed by atoms with van der Waals surface area (Å²) in [5, 5.41) is 110. The van der Waals surface area contributed by atoms with Crippen LogP contribution in [0.1, 0.15) is 85.5 Å². The second kappa shape index (κ2) is 21.4. The largest absolute Gasteiger partial charge is 0.479 e. The molecular formula is C51H82B6O20S. The van der Waals surface area contributed by atoms with Crippen molar-refractivity contribution < 1.29 is 98.6 Å². The third-order valence-corrected chi connectivity index (χ3v) is 22.6. The van der Waals surface area contributed by atoms with E-state index in [2.05, 4.69) is 37.5 Å². The Morgan fingerprint density at radius 1 is 0.833 bits per heavy atom. The highest BCUT2D eigenvalue weighted by molar-refractivity contribution is 7.83. The lowest BCUT2D eigenvalue weighted by Crippen LogP contribution is -2.73. The van der Waals surface area contributed by atoms with Crippen LogP contribution in [-0.4, -0.2) is 238 Å². The molecule has 14 unspecified atom stereocenters. The van der Waals surface area contributed by atoms with Crippen LogP contribution in [0.5, 0.6) is 0 Å². The number of esters is 1. The first-order chi connectivity index (χ1) is 36.4. The van der Waals surface area contributed by atoms with Crippen molar-refractivity contribution >= 4 is 77.4 Å². The fourth-order valence-electron chi connectivity index (χ4n) is 17.4. The molecule has 0 radical (unpaired) electrons. The standard InChI is InChI=1S/C51H82B6O20S/c1-5-20(4)42(70)75-39-23(14-25(61)19(2)3)45(18-60)24(15-48(39,54)78)22-7-8-27-46(52)12-11-29(51(56,57)28(46)10-13-47(27,53)50(22,55)38(67)37(45)66)73-44-35(74-43-34(64)33(63)32(62)26(17-59)72-43)31-36(65)49(31,40(76-44)41(68)69)77-30-9-6-21(16-58)71-30/h5,7,19,21,23-24,26-40,43-44,58-60,62-67,78H,6,8-18,52-57H2,1-4H3,(H,68,69)/b20-5-/t21-,23+,24?,26?,27?,28?,29+,30+,31?,32?,33?,34?,35?,36?,37-,38+,39+,40?,43?,44?,45+,46+,47+,48-,49?,50-/m1/s1. The van der Waals surface area contributed by atoms with Crippen LogP contribution in [0.25, 0.3) is 0 Å². The number of carbonyl (C=O) groups is 3. The van der Waals surface area contributed by atoms with E-state index in [0.29, 0.717) is 44.1 Å². The van der Waals surface area contributed by atoms with Gasteiger partial charge >= 0.3 is 11.9 Å². The van der Waals surface area contributed by atoms with Gasteiger partial charge in [0.1, 0.15) is 95.1 Å². The fourth-order valence-corrected chi connectivity index (χ4v) is 17.9. The van der Waals surface area contributed by atoms with E-state index in [1.807, 2.05) is 15.7 Å². The van der Waals surface area contributed by atoms with E-state index in [1.54, 1.807) is 33.8 Å². The van der Waals surface area contributed by atoms with Crippen molar-refractivity contribution in [3.8, 4) is 0 Å². The molecule has 0 spiro atoms. The van der Waals surface area contributed by atoms with E-state index in [4.69, 9.17) is 45.8 Å². The maximum absolute atomic E-state index is 13.9. The van der Waals surface area contributed by atoms with Gasteiger partial charge < -0.3 is 84.2 Å². The number of allylic oxidation sites excluding steroid dienone is 2. The summed E-state index contributed by atoms with van der Waals surface area (Å²) in [5.74, 6) is -5.39. The molecule has 26 atom stereocenters. The van der Waals surface area contributed by atoms with Crippen LogP contribution in [-0.2, 0) is 47.5 Å². The number of carbonyl (C=O) groups excluding carboxylic acids is 2. The maximum atomic E-state index is 13.9. The second-order valence-corrected chi connectivity index (χ2v) is 27.6. The number of thiol groups is 1. The summed E-state index contributed by atoms with van der Waals surface area (Å²) >= 11 is 5.23. The van der Waals surface area contributed by atoms with Crippen LogP contribution in [0.15, 0.2) is 23.3 Å². The Morgan fingerprint density at radius 2 is 1.53 bits per heavy atom. The zero-order valence-electron chi connectivity index (χ0n) is 46.8. The van der Waals surface area contributed by atoms with Gasteiger partial charge in [-0.15, -0.1) is 0 Å². The van der Waals surface area contributed by atoms with Gasteiger partial charge in [-0.25, -0.2) is 9.59 Å². The van der Waals surface area contributed by atoms with Crippen LogP contribution >= 0.6 is 12.6 Å². The monoisotopic (exact) mass is 1110 g/mol.